The molecule has 0 saturated carbocycles. The summed E-state index contributed by atoms with van der Waals surface area (Å²) >= 11 is 5.78. The van der Waals surface area contributed by atoms with E-state index in [0.717, 1.165) is 0 Å². The first-order valence-electron chi connectivity index (χ1n) is 5.82. The lowest BCUT2D eigenvalue weighted by Gasteiger charge is -2.34. The molecular weight excluding hydrogens is 252 g/mol. The highest BCUT2D eigenvalue weighted by Gasteiger charge is 2.37. The first-order chi connectivity index (χ1) is 8.37. The first kappa shape index (κ1) is 13.0. The molecule has 1 aliphatic rings. The highest BCUT2D eigenvalue weighted by Crippen LogP contribution is 2.32. The van der Waals surface area contributed by atoms with E-state index in [9.17, 15) is 9.59 Å². The van der Waals surface area contributed by atoms with Crippen molar-refractivity contribution in [3.63, 3.8) is 0 Å². The summed E-state index contributed by atoms with van der Waals surface area (Å²) in [7, 11) is 0. The van der Waals surface area contributed by atoms with Crippen LogP contribution in [-0.2, 0) is 16.1 Å². The van der Waals surface area contributed by atoms with Crippen LogP contribution >= 0.6 is 11.6 Å². The van der Waals surface area contributed by atoms with Crippen LogP contribution in [0, 0.1) is 5.41 Å². The van der Waals surface area contributed by atoms with Gasteiger partial charge in [0.1, 0.15) is 5.15 Å². The molecule has 1 aromatic rings. The molecular formula is C13H15ClN2O2. The Morgan fingerprint density at radius 1 is 1.28 bits per heavy atom. The minimum atomic E-state index is -0.244. The van der Waals surface area contributed by atoms with Gasteiger partial charge in [0.2, 0.25) is 11.8 Å². The number of hydrogen-bond acceptors (Lipinski definition) is 3. The van der Waals surface area contributed by atoms with Crippen LogP contribution in [0.15, 0.2) is 18.2 Å². The molecule has 2 amide bonds. The van der Waals surface area contributed by atoms with E-state index in [1.54, 1.807) is 18.2 Å². The summed E-state index contributed by atoms with van der Waals surface area (Å²) < 4.78 is 0. The van der Waals surface area contributed by atoms with Crippen molar-refractivity contribution in [1.82, 2.24) is 9.88 Å². The lowest BCUT2D eigenvalue weighted by atomic mass is 9.82. The van der Waals surface area contributed by atoms with Crippen molar-refractivity contribution in [2.24, 2.45) is 5.41 Å². The number of pyridine rings is 1. The van der Waals surface area contributed by atoms with E-state index in [1.807, 2.05) is 13.8 Å². The van der Waals surface area contributed by atoms with Crippen molar-refractivity contribution >= 4 is 23.4 Å². The van der Waals surface area contributed by atoms with Gasteiger partial charge in [-0.05, 0) is 17.5 Å². The molecule has 0 radical (unpaired) electrons. The van der Waals surface area contributed by atoms with Gasteiger partial charge < -0.3 is 0 Å². The fraction of sp³-hybridized carbons (Fsp3) is 0.462. The Balaban J connectivity index is 2.15. The lowest BCUT2D eigenvalue weighted by Crippen LogP contribution is -2.45. The molecule has 18 heavy (non-hydrogen) atoms. The van der Waals surface area contributed by atoms with Crippen molar-refractivity contribution < 1.29 is 9.59 Å². The molecule has 1 aliphatic heterocycles. The largest absolute Gasteiger partial charge is 0.277 e. The number of halogens is 1. The number of aromatic nitrogens is 1. The Labute approximate surface area is 111 Å². The zero-order valence-electron chi connectivity index (χ0n) is 10.4. The van der Waals surface area contributed by atoms with Gasteiger partial charge in [-0.3, -0.25) is 14.5 Å². The molecule has 0 aliphatic carbocycles. The molecule has 1 fully saturated rings. The van der Waals surface area contributed by atoms with Crippen molar-refractivity contribution in [3.8, 4) is 0 Å². The van der Waals surface area contributed by atoms with Gasteiger partial charge in [0, 0.05) is 12.8 Å². The van der Waals surface area contributed by atoms with Crippen molar-refractivity contribution in [2.45, 2.75) is 33.2 Å². The van der Waals surface area contributed by atoms with E-state index < -0.39 is 0 Å². The third kappa shape index (κ3) is 2.88. The normalized spacial score (nSPS) is 19.2. The maximum atomic E-state index is 12.0. The molecule has 4 nitrogen and oxygen atoms in total. The SMILES string of the molecule is CC1(C)CC(=O)N(Cc2cccc(Cl)n2)C(=O)C1. The number of piperidine rings is 1. The van der Waals surface area contributed by atoms with Crippen LogP contribution in [-0.4, -0.2) is 21.7 Å². The number of rotatable bonds is 2. The molecule has 0 aromatic carbocycles. The second-order valence-corrected chi connectivity index (χ2v) is 5.73. The zero-order valence-corrected chi connectivity index (χ0v) is 11.2. The van der Waals surface area contributed by atoms with Crippen molar-refractivity contribution in [3.05, 3.63) is 29.0 Å². The Morgan fingerprint density at radius 3 is 2.44 bits per heavy atom. The van der Waals surface area contributed by atoms with E-state index in [1.165, 1.54) is 4.90 Å². The summed E-state index contributed by atoms with van der Waals surface area (Å²) in [6, 6.07) is 5.17. The van der Waals surface area contributed by atoms with Gasteiger partial charge in [0.15, 0.2) is 0 Å². The van der Waals surface area contributed by atoms with Gasteiger partial charge in [-0.25, -0.2) is 4.98 Å². The smallest absolute Gasteiger partial charge is 0.230 e. The van der Waals surface area contributed by atoms with Gasteiger partial charge in [0.05, 0.1) is 12.2 Å². The Hall–Kier alpha value is -1.42. The fourth-order valence-electron chi connectivity index (χ4n) is 2.09. The summed E-state index contributed by atoms with van der Waals surface area (Å²) in [5, 5.41) is 0.365. The molecule has 5 heteroatoms. The predicted molar refractivity (Wildman–Crippen MR) is 67.8 cm³/mol. The highest BCUT2D eigenvalue weighted by molar-refractivity contribution is 6.29. The molecule has 0 spiro atoms. The molecule has 1 aromatic heterocycles. The van der Waals surface area contributed by atoms with Crippen LogP contribution in [0.4, 0.5) is 0 Å². The summed E-state index contributed by atoms with van der Waals surface area (Å²) in [6.07, 6.45) is 0.776. The molecule has 0 atom stereocenters. The number of likely N-dealkylation sites (tertiary alicyclic amines) is 1. The first-order valence-corrected chi connectivity index (χ1v) is 6.20. The maximum absolute atomic E-state index is 12.0. The molecule has 0 bridgehead atoms. The number of nitrogens with zero attached hydrogens (tertiary/aromatic N) is 2. The predicted octanol–water partition coefficient (Wildman–Crippen LogP) is 2.41. The molecule has 2 rings (SSSR count). The monoisotopic (exact) mass is 266 g/mol. The Morgan fingerprint density at radius 2 is 1.89 bits per heavy atom. The highest BCUT2D eigenvalue weighted by atomic mass is 35.5. The lowest BCUT2D eigenvalue weighted by molar-refractivity contribution is -0.153. The van der Waals surface area contributed by atoms with Crippen LogP contribution in [0.2, 0.25) is 5.15 Å². The summed E-state index contributed by atoms with van der Waals surface area (Å²) in [4.78, 5) is 29.3. The van der Waals surface area contributed by atoms with E-state index in [0.29, 0.717) is 23.7 Å². The van der Waals surface area contributed by atoms with Crippen LogP contribution in [0.25, 0.3) is 0 Å². The number of carbonyl (C=O) groups is 2. The summed E-state index contributed by atoms with van der Waals surface area (Å²) in [6.45, 7) is 4.06. The van der Waals surface area contributed by atoms with Crippen LogP contribution in [0.3, 0.4) is 0 Å². The van der Waals surface area contributed by atoms with E-state index in [2.05, 4.69) is 4.98 Å². The average molecular weight is 267 g/mol. The summed E-state index contributed by atoms with van der Waals surface area (Å²) in [5.74, 6) is -0.281. The van der Waals surface area contributed by atoms with Gasteiger partial charge in [-0.15, -0.1) is 0 Å². The fourth-order valence-corrected chi connectivity index (χ4v) is 2.27. The maximum Gasteiger partial charge on any atom is 0.230 e. The Bertz CT molecular complexity index is 480. The van der Waals surface area contributed by atoms with Gasteiger partial charge in [0.25, 0.3) is 0 Å². The topological polar surface area (TPSA) is 50.3 Å². The standard InChI is InChI=1S/C13H15ClN2O2/c1-13(2)6-11(17)16(12(18)7-13)8-9-4-3-5-10(14)15-9/h3-5H,6-8H2,1-2H3. The third-order valence-corrected chi connectivity index (χ3v) is 3.17. The number of imide groups is 1. The second kappa shape index (κ2) is 4.69. The molecule has 0 unspecified atom stereocenters. The molecule has 2 heterocycles. The second-order valence-electron chi connectivity index (χ2n) is 5.34. The molecule has 1 saturated heterocycles. The van der Waals surface area contributed by atoms with E-state index in [-0.39, 0.29) is 23.8 Å². The van der Waals surface area contributed by atoms with E-state index in [4.69, 9.17) is 11.6 Å². The summed E-state index contributed by atoms with van der Waals surface area (Å²) in [5.41, 5.74) is 0.385. The van der Waals surface area contributed by atoms with Gasteiger partial charge >= 0.3 is 0 Å². The van der Waals surface area contributed by atoms with Crippen LogP contribution in [0.1, 0.15) is 32.4 Å². The van der Waals surface area contributed by atoms with Crippen LogP contribution < -0.4 is 0 Å². The molecule has 0 N–H and O–H groups in total. The average Bonchev–Trinajstić information content (AvgIpc) is 2.22. The van der Waals surface area contributed by atoms with Crippen molar-refractivity contribution in [1.29, 1.82) is 0 Å². The zero-order chi connectivity index (χ0) is 13.3. The van der Waals surface area contributed by atoms with Gasteiger partial charge in [-0.2, -0.15) is 0 Å². The quantitative estimate of drug-likeness (QED) is 0.610. The van der Waals surface area contributed by atoms with Gasteiger partial charge in [-0.1, -0.05) is 31.5 Å². The van der Waals surface area contributed by atoms with E-state index >= 15 is 0 Å². The minimum Gasteiger partial charge on any atom is -0.277 e. The number of amides is 2. The Kier molecular flexibility index (Phi) is 3.39. The minimum absolute atomic E-state index is 0.141. The molecule has 96 valence electrons. The number of carbonyl (C=O) groups excluding carboxylic acids is 2. The van der Waals surface area contributed by atoms with Crippen molar-refractivity contribution in [2.75, 3.05) is 0 Å². The number of hydrogen-bond donors (Lipinski definition) is 0. The third-order valence-electron chi connectivity index (χ3n) is 2.95. The van der Waals surface area contributed by atoms with Crippen LogP contribution in [0.5, 0.6) is 0 Å².